The summed E-state index contributed by atoms with van der Waals surface area (Å²) in [4.78, 5) is 24.0. The summed E-state index contributed by atoms with van der Waals surface area (Å²) in [6.45, 7) is 8.81. The second kappa shape index (κ2) is 7.97. The highest BCUT2D eigenvalue weighted by Gasteiger charge is 2.14. The molecule has 0 saturated heterocycles. The first-order chi connectivity index (χ1) is 11.8. The van der Waals surface area contributed by atoms with Gasteiger partial charge in [0.15, 0.2) is 0 Å². The largest absolute Gasteiger partial charge is 0.350 e. The summed E-state index contributed by atoms with van der Waals surface area (Å²) in [5.74, 6) is -0.453. The molecule has 2 rings (SSSR count). The van der Waals surface area contributed by atoms with Crippen LogP contribution in [0, 0.1) is 6.92 Å². The van der Waals surface area contributed by atoms with E-state index in [4.69, 9.17) is 0 Å². The van der Waals surface area contributed by atoms with Crippen LogP contribution < -0.4 is 10.6 Å². The monoisotopic (exact) mass is 338 g/mol. The topological polar surface area (TPSA) is 58.2 Å². The van der Waals surface area contributed by atoms with E-state index in [1.807, 2.05) is 43.3 Å². The molecule has 0 unspecified atom stereocenters. The minimum absolute atomic E-state index is 0.0360. The highest BCUT2D eigenvalue weighted by atomic mass is 16.2. The molecule has 25 heavy (non-hydrogen) atoms. The Kier molecular flexibility index (Phi) is 5.97. The maximum Gasteiger partial charge on any atom is 0.251 e. The quantitative estimate of drug-likeness (QED) is 0.878. The van der Waals surface area contributed by atoms with Gasteiger partial charge in [-0.15, -0.1) is 0 Å². The molecule has 2 N–H and O–H groups in total. The lowest BCUT2D eigenvalue weighted by atomic mass is 9.87. The van der Waals surface area contributed by atoms with E-state index in [1.54, 1.807) is 12.1 Å². The first kappa shape index (κ1) is 18.7. The number of carbonyl (C=O) groups is 2. The van der Waals surface area contributed by atoms with Gasteiger partial charge in [0.1, 0.15) is 0 Å². The molecule has 2 aromatic carbocycles. The van der Waals surface area contributed by atoms with Crippen LogP contribution in [0.4, 0.5) is 0 Å². The van der Waals surface area contributed by atoms with Crippen LogP contribution in [0.3, 0.4) is 0 Å². The fourth-order valence-corrected chi connectivity index (χ4v) is 2.35. The maximum absolute atomic E-state index is 12.1. The van der Waals surface area contributed by atoms with E-state index in [0.717, 1.165) is 5.56 Å². The Morgan fingerprint density at radius 1 is 0.880 bits per heavy atom. The van der Waals surface area contributed by atoms with E-state index in [-0.39, 0.29) is 23.8 Å². The van der Waals surface area contributed by atoms with Crippen molar-refractivity contribution >= 4 is 11.8 Å². The number of amides is 2. The molecule has 0 aliphatic carbocycles. The number of aryl methyl sites for hydroxylation is 1. The SMILES string of the molecule is Cc1ccc(CNC(=O)CNC(=O)c2ccc(C(C)(C)C)cc2)cc1. The lowest BCUT2D eigenvalue weighted by molar-refractivity contribution is -0.120. The van der Waals surface area contributed by atoms with Gasteiger partial charge in [0, 0.05) is 12.1 Å². The van der Waals surface area contributed by atoms with Gasteiger partial charge in [-0.1, -0.05) is 62.7 Å². The van der Waals surface area contributed by atoms with E-state index in [1.165, 1.54) is 11.1 Å². The number of nitrogens with one attached hydrogen (secondary N) is 2. The molecule has 0 heterocycles. The summed E-state index contributed by atoms with van der Waals surface area (Å²) in [6, 6.07) is 15.4. The second-order valence-corrected chi connectivity index (χ2v) is 7.27. The van der Waals surface area contributed by atoms with E-state index >= 15 is 0 Å². The smallest absolute Gasteiger partial charge is 0.251 e. The Morgan fingerprint density at radius 3 is 2.04 bits per heavy atom. The molecular formula is C21H26N2O2. The molecule has 0 saturated carbocycles. The molecule has 2 aromatic rings. The van der Waals surface area contributed by atoms with Crippen molar-refractivity contribution in [2.75, 3.05) is 6.54 Å². The predicted octanol–water partition coefficient (Wildman–Crippen LogP) is 3.34. The van der Waals surface area contributed by atoms with Crippen LogP contribution >= 0.6 is 0 Å². The van der Waals surface area contributed by atoms with E-state index < -0.39 is 0 Å². The first-order valence-corrected chi connectivity index (χ1v) is 8.47. The minimum atomic E-state index is -0.244. The Morgan fingerprint density at radius 2 is 1.48 bits per heavy atom. The number of hydrogen-bond donors (Lipinski definition) is 2. The Balaban J connectivity index is 1.80. The third-order valence-corrected chi connectivity index (χ3v) is 4.03. The average Bonchev–Trinajstić information content (AvgIpc) is 2.58. The van der Waals surface area contributed by atoms with Gasteiger partial charge in [0.05, 0.1) is 6.54 Å². The first-order valence-electron chi connectivity index (χ1n) is 8.47. The molecule has 0 aliphatic rings. The average molecular weight is 338 g/mol. The zero-order valence-corrected chi connectivity index (χ0v) is 15.3. The van der Waals surface area contributed by atoms with Crippen LogP contribution in [0.2, 0.25) is 0 Å². The van der Waals surface area contributed by atoms with Crippen molar-refractivity contribution in [2.45, 2.75) is 39.7 Å². The molecule has 132 valence electrons. The van der Waals surface area contributed by atoms with Gasteiger partial charge in [0.25, 0.3) is 5.91 Å². The van der Waals surface area contributed by atoms with E-state index in [2.05, 4.69) is 31.4 Å². The fraction of sp³-hybridized carbons (Fsp3) is 0.333. The minimum Gasteiger partial charge on any atom is -0.350 e. The van der Waals surface area contributed by atoms with Gasteiger partial charge in [0.2, 0.25) is 5.91 Å². The van der Waals surface area contributed by atoms with Crippen molar-refractivity contribution in [1.82, 2.24) is 10.6 Å². The molecule has 4 heteroatoms. The predicted molar refractivity (Wildman–Crippen MR) is 101 cm³/mol. The highest BCUT2D eigenvalue weighted by molar-refractivity contribution is 5.96. The van der Waals surface area contributed by atoms with E-state index in [0.29, 0.717) is 12.1 Å². The van der Waals surface area contributed by atoms with Gasteiger partial charge in [-0.25, -0.2) is 0 Å². The van der Waals surface area contributed by atoms with Gasteiger partial charge in [-0.3, -0.25) is 9.59 Å². The molecule has 0 fully saturated rings. The van der Waals surface area contributed by atoms with Crippen LogP contribution in [0.25, 0.3) is 0 Å². The van der Waals surface area contributed by atoms with Crippen molar-refractivity contribution in [3.63, 3.8) is 0 Å². The molecule has 0 bridgehead atoms. The van der Waals surface area contributed by atoms with Crippen molar-refractivity contribution in [3.05, 3.63) is 70.8 Å². The molecule has 0 atom stereocenters. The zero-order chi connectivity index (χ0) is 18.4. The standard InChI is InChI=1S/C21H26N2O2/c1-15-5-7-16(8-6-15)13-22-19(24)14-23-20(25)17-9-11-18(12-10-17)21(2,3)4/h5-12H,13-14H2,1-4H3,(H,22,24)(H,23,25). The number of rotatable bonds is 5. The van der Waals surface area contributed by atoms with Crippen LogP contribution in [0.15, 0.2) is 48.5 Å². The van der Waals surface area contributed by atoms with Crippen LogP contribution in [0.5, 0.6) is 0 Å². The molecule has 0 aliphatic heterocycles. The molecular weight excluding hydrogens is 312 g/mol. The van der Waals surface area contributed by atoms with Crippen molar-refractivity contribution in [1.29, 1.82) is 0 Å². The summed E-state index contributed by atoms with van der Waals surface area (Å²) in [5.41, 5.74) is 3.98. The molecule has 4 nitrogen and oxygen atoms in total. The summed E-state index contributed by atoms with van der Waals surface area (Å²) in [7, 11) is 0. The lowest BCUT2D eigenvalue weighted by Crippen LogP contribution is -2.36. The number of carbonyl (C=O) groups excluding carboxylic acids is 2. The molecule has 2 amide bonds. The summed E-state index contributed by atoms with van der Waals surface area (Å²) < 4.78 is 0. The van der Waals surface area contributed by atoms with Crippen LogP contribution in [-0.4, -0.2) is 18.4 Å². The third kappa shape index (κ3) is 5.75. The summed E-state index contributed by atoms with van der Waals surface area (Å²) in [5, 5.41) is 5.45. The number of hydrogen-bond acceptors (Lipinski definition) is 2. The Bertz CT molecular complexity index is 726. The van der Waals surface area contributed by atoms with E-state index in [9.17, 15) is 9.59 Å². The van der Waals surface area contributed by atoms with Crippen LogP contribution in [0.1, 0.15) is 47.8 Å². The Hall–Kier alpha value is -2.62. The van der Waals surface area contributed by atoms with Gasteiger partial charge >= 0.3 is 0 Å². The lowest BCUT2D eigenvalue weighted by Gasteiger charge is -2.19. The Labute approximate surface area is 149 Å². The molecule has 0 radical (unpaired) electrons. The second-order valence-electron chi connectivity index (χ2n) is 7.27. The van der Waals surface area contributed by atoms with Gasteiger partial charge < -0.3 is 10.6 Å². The van der Waals surface area contributed by atoms with Gasteiger partial charge in [-0.05, 0) is 35.6 Å². The van der Waals surface area contributed by atoms with Crippen molar-refractivity contribution in [2.24, 2.45) is 0 Å². The van der Waals surface area contributed by atoms with Crippen molar-refractivity contribution < 1.29 is 9.59 Å². The summed E-state index contributed by atoms with van der Waals surface area (Å²) >= 11 is 0. The highest BCUT2D eigenvalue weighted by Crippen LogP contribution is 2.22. The van der Waals surface area contributed by atoms with Gasteiger partial charge in [-0.2, -0.15) is 0 Å². The maximum atomic E-state index is 12.1. The zero-order valence-electron chi connectivity index (χ0n) is 15.3. The third-order valence-electron chi connectivity index (χ3n) is 4.03. The normalized spacial score (nSPS) is 11.0. The number of benzene rings is 2. The summed E-state index contributed by atoms with van der Waals surface area (Å²) in [6.07, 6.45) is 0. The fourth-order valence-electron chi connectivity index (χ4n) is 2.35. The van der Waals surface area contributed by atoms with Crippen LogP contribution in [-0.2, 0) is 16.8 Å². The van der Waals surface area contributed by atoms with Crippen molar-refractivity contribution in [3.8, 4) is 0 Å². The molecule has 0 aromatic heterocycles. The molecule has 0 spiro atoms.